The van der Waals surface area contributed by atoms with Gasteiger partial charge in [0.05, 0.1) is 11.2 Å². The monoisotopic (exact) mass is 181 g/mol. The van der Waals surface area contributed by atoms with Gasteiger partial charge in [-0.05, 0) is 6.07 Å². The van der Waals surface area contributed by atoms with Crippen LogP contribution in [0.4, 0.5) is 0 Å². The van der Waals surface area contributed by atoms with Gasteiger partial charge < -0.3 is 4.98 Å². The number of carbonyl (C=O) groups is 1. The number of nitrogens with one attached hydrogen (secondary N) is 1. The number of halogens is 1. The molecule has 0 unspecified atom stereocenters. The first-order valence-electron chi connectivity index (χ1n) is 3.25. The quantitative estimate of drug-likeness (QED) is 0.535. The molecule has 0 aliphatic rings. The van der Waals surface area contributed by atoms with Gasteiger partial charge in [0, 0.05) is 0 Å². The second kappa shape index (κ2) is 2.57. The van der Waals surface area contributed by atoms with Crippen LogP contribution in [0.15, 0.2) is 12.4 Å². The van der Waals surface area contributed by atoms with Crippen LogP contribution in [0.25, 0.3) is 11.0 Å². The minimum absolute atomic E-state index is 0.327. The molecule has 60 valence electrons. The summed E-state index contributed by atoms with van der Waals surface area (Å²) in [4.78, 5) is 20.8. The van der Waals surface area contributed by atoms with E-state index < -0.39 is 0 Å². The molecule has 0 atom stereocenters. The lowest BCUT2D eigenvalue weighted by Crippen LogP contribution is -1.80. The zero-order valence-corrected chi connectivity index (χ0v) is 6.67. The SMILES string of the molecule is O=Cc1cc2ncnc(Cl)c2[nH]1. The number of aromatic nitrogens is 3. The molecule has 2 heterocycles. The summed E-state index contributed by atoms with van der Waals surface area (Å²) in [7, 11) is 0. The maximum absolute atomic E-state index is 10.4. The molecule has 0 aliphatic heterocycles. The molecular formula is C7H4ClN3O. The van der Waals surface area contributed by atoms with Crippen LogP contribution in [0.5, 0.6) is 0 Å². The zero-order chi connectivity index (χ0) is 8.55. The lowest BCUT2D eigenvalue weighted by molar-refractivity contribution is 0.112. The van der Waals surface area contributed by atoms with Crippen LogP contribution in [-0.2, 0) is 0 Å². The molecule has 0 saturated carbocycles. The highest BCUT2D eigenvalue weighted by molar-refractivity contribution is 6.33. The average molecular weight is 182 g/mol. The predicted molar refractivity (Wildman–Crippen MR) is 44.3 cm³/mol. The molecule has 1 N–H and O–H groups in total. The lowest BCUT2D eigenvalue weighted by atomic mass is 10.4. The van der Waals surface area contributed by atoms with Crippen molar-refractivity contribution in [2.24, 2.45) is 0 Å². The van der Waals surface area contributed by atoms with Gasteiger partial charge in [-0.3, -0.25) is 4.79 Å². The standard InChI is InChI=1S/C7H4ClN3O/c8-7-6-5(9-3-10-7)1-4(2-12)11-6/h1-3,11H. The summed E-state index contributed by atoms with van der Waals surface area (Å²) >= 11 is 5.73. The fourth-order valence-electron chi connectivity index (χ4n) is 0.993. The Hall–Kier alpha value is -1.42. The third-order valence-corrected chi connectivity index (χ3v) is 1.81. The molecule has 5 heteroatoms. The largest absolute Gasteiger partial charge is 0.349 e. The maximum atomic E-state index is 10.4. The van der Waals surface area contributed by atoms with E-state index in [0.29, 0.717) is 28.2 Å². The van der Waals surface area contributed by atoms with Crippen LogP contribution in [0.2, 0.25) is 5.15 Å². The first-order valence-corrected chi connectivity index (χ1v) is 3.63. The molecule has 0 fully saturated rings. The smallest absolute Gasteiger partial charge is 0.166 e. The van der Waals surface area contributed by atoms with Crippen molar-refractivity contribution in [1.82, 2.24) is 15.0 Å². The van der Waals surface area contributed by atoms with Gasteiger partial charge in [0.25, 0.3) is 0 Å². The van der Waals surface area contributed by atoms with E-state index in [-0.39, 0.29) is 0 Å². The first-order chi connectivity index (χ1) is 5.81. The highest BCUT2D eigenvalue weighted by atomic mass is 35.5. The van der Waals surface area contributed by atoms with Crippen LogP contribution >= 0.6 is 11.6 Å². The van der Waals surface area contributed by atoms with Crippen molar-refractivity contribution in [2.75, 3.05) is 0 Å². The summed E-state index contributed by atoms with van der Waals surface area (Å²) in [5.41, 5.74) is 1.70. The molecule has 0 radical (unpaired) electrons. The summed E-state index contributed by atoms with van der Waals surface area (Å²) in [6.07, 6.45) is 2.06. The fraction of sp³-hybridized carbons (Fsp3) is 0. The van der Waals surface area contributed by atoms with Gasteiger partial charge in [0.2, 0.25) is 0 Å². The number of fused-ring (bicyclic) bond motifs is 1. The van der Waals surface area contributed by atoms with Crippen molar-refractivity contribution in [2.45, 2.75) is 0 Å². The maximum Gasteiger partial charge on any atom is 0.166 e. The Labute approximate surface area is 72.6 Å². The number of rotatable bonds is 1. The molecule has 0 aromatic carbocycles. The molecule has 2 aromatic heterocycles. The molecule has 2 aromatic rings. The molecule has 12 heavy (non-hydrogen) atoms. The molecule has 0 bridgehead atoms. The highest BCUT2D eigenvalue weighted by Crippen LogP contribution is 2.17. The number of H-pyrrole nitrogens is 1. The van der Waals surface area contributed by atoms with Crippen molar-refractivity contribution in [1.29, 1.82) is 0 Å². The Balaban J connectivity index is 2.82. The topological polar surface area (TPSA) is 58.6 Å². The van der Waals surface area contributed by atoms with Crippen molar-refractivity contribution < 1.29 is 4.79 Å². The van der Waals surface area contributed by atoms with E-state index in [9.17, 15) is 4.79 Å². The van der Waals surface area contributed by atoms with Gasteiger partial charge in [-0.25, -0.2) is 9.97 Å². The van der Waals surface area contributed by atoms with Crippen molar-refractivity contribution in [3.05, 3.63) is 23.2 Å². The number of aromatic amines is 1. The Morgan fingerprint density at radius 2 is 2.33 bits per heavy atom. The first kappa shape index (κ1) is 7.24. The Morgan fingerprint density at radius 3 is 3.00 bits per heavy atom. The van der Waals surface area contributed by atoms with E-state index in [1.165, 1.54) is 6.33 Å². The van der Waals surface area contributed by atoms with E-state index in [0.717, 1.165) is 0 Å². The van der Waals surface area contributed by atoms with Gasteiger partial charge in [-0.2, -0.15) is 0 Å². The van der Waals surface area contributed by atoms with E-state index in [1.54, 1.807) is 6.07 Å². The molecule has 0 spiro atoms. The summed E-state index contributed by atoms with van der Waals surface area (Å²) in [5.74, 6) is 0. The van der Waals surface area contributed by atoms with E-state index in [4.69, 9.17) is 11.6 Å². The Morgan fingerprint density at radius 1 is 1.50 bits per heavy atom. The van der Waals surface area contributed by atoms with Gasteiger partial charge >= 0.3 is 0 Å². The Kier molecular flexibility index (Phi) is 1.55. The van der Waals surface area contributed by atoms with E-state index >= 15 is 0 Å². The van der Waals surface area contributed by atoms with Gasteiger partial charge in [0.1, 0.15) is 11.8 Å². The average Bonchev–Trinajstić information content (AvgIpc) is 2.49. The van der Waals surface area contributed by atoms with Crippen LogP contribution in [-0.4, -0.2) is 21.2 Å². The van der Waals surface area contributed by atoms with Gasteiger partial charge in [-0.15, -0.1) is 0 Å². The lowest BCUT2D eigenvalue weighted by Gasteiger charge is -1.88. The second-order valence-corrected chi connectivity index (χ2v) is 2.63. The summed E-state index contributed by atoms with van der Waals surface area (Å²) < 4.78 is 0. The zero-order valence-electron chi connectivity index (χ0n) is 5.91. The minimum Gasteiger partial charge on any atom is -0.349 e. The van der Waals surface area contributed by atoms with Crippen LogP contribution in [0.3, 0.4) is 0 Å². The number of carbonyl (C=O) groups excluding carboxylic acids is 1. The van der Waals surface area contributed by atoms with Gasteiger partial charge in [-0.1, -0.05) is 11.6 Å². The molecule has 0 aliphatic carbocycles. The van der Waals surface area contributed by atoms with E-state index in [2.05, 4.69) is 15.0 Å². The fourth-order valence-corrected chi connectivity index (χ4v) is 1.18. The molecule has 0 saturated heterocycles. The summed E-state index contributed by atoms with van der Waals surface area (Å²) in [6, 6.07) is 1.62. The molecular weight excluding hydrogens is 178 g/mol. The van der Waals surface area contributed by atoms with Gasteiger partial charge in [0.15, 0.2) is 11.4 Å². The van der Waals surface area contributed by atoms with Crippen molar-refractivity contribution in [3.63, 3.8) is 0 Å². The van der Waals surface area contributed by atoms with Crippen molar-refractivity contribution in [3.8, 4) is 0 Å². The van der Waals surface area contributed by atoms with Crippen LogP contribution in [0.1, 0.15) is 10.5 Å². The Bertz CT molecular complexity index is 437. The predicted octanol–water partition coefficient (Wildman–Crippen LogP) is 1.42. The number of aldehydes is 1. The third-order valence-electron chi connectivity index (χ3n) is 1.52. The third kappa shape index (κ3) is 0.967. The number of nitrogens with zero attached hydrogens (tertiary/aromatic N) is 2. The van der Waals surface area contributed by atoms with Crippen molar-refractivity contribution >= 4 is 28.9 Å². The number of hydrogen-bond donors (Lipinski definition) is 1. The second-order valence-electron chi connectivity index (χ2n) is 2.27. The summed E-state index contributed by atoms with van der Waals surface area (Å²) in [5, 5.41) is 0.327. The molecule has 0 amide bonds. The highest BCUT2D eigenvalue weighted by Gasteiger charge is 2.04. The van der Waals surface area contributed by atoms with E-state index in [1.807, 2.05) is 0 Å². The molecule has 4 nitrogen and oxygen atoms in total. The normalized spacial score (nSPS) is 10.4. The minimum atomic E-state index is 0.327. The van der Waals surface area contributed by atoms with Crippen LogP contribution < -0.4 is 0 Å². The summed E-state index contributed by atoms with van der Waals surface area (Å²) in [6.45, 7) is 0. The van der Waals surface area contributed by atoms with Crippen LogP contribution in [0, 0.1) is 0 Å². The number of hydrogen-bond acceptors (Lipinski definition) is 3. The molecule has 2 rings (SSSR count).